The van der Waals surface area contributed by atoms with E-state index in [2.05, 4.69) is 22.9 Å². The van der Waals surface area contributed by atoms with Crippen LogP contribution in [-0.4, -0.2) is 22.4 Å². The first-order valence-electron chi connectivity index (χ1n) is 7.96. The Kier molecular flexibility index (Phi) is 14.4. The molecule has 0 saturated carbocycles. The molecule has 22 heavy (non-hydrogen) atoms. The summed E-state index contributed by atoms with van der Waals surface area (Å²) in [5, 5.41) is 18.7. The second-order valence-electron chi connectivity index (χ2n) is 5.20. The summed E-state index contributed by atoms with van der Waals surface area (Å²) in [6.45, 7) is 3.67. The predicted octanol–water partition coefficient (Wildman–Crippen LogP) is 4.38. The number of aliphatic hydroxyl groups excluding tert-OH is 2. The summed E-state index contributed by atoms with van der Waals surface area (Å²) in [5.41, 5.74) is 11.3. The van der Waals surface area contributed by atoms with E-state index in [1.165, 1.54) is 0 Å². The standard InChI is InChI=1S/C20H28O2/c1-3-4-5-6-7-8-9-10-11-12-13-14-15-16-17-20(22)18-19(2)21/h3-7,12,19-22H,13-18H2,1-2H3/b4-3+,6-5+. The van der Waals surface area contributed by atoms with E-state index < -0.39 is 6.10 Å². The lowest BCUT2D eigenvalue weighted by Gasteiger charge is -2.11. The number of hydrogen-bond acceptors (Lipinski definition) is 2. The Morgan fingerprint density at radius 2 is 1.73 bits per heavy atom. The van der Waals surface area contributed by atoms with Crippen LogP contribution < -0.4 is 0 Å². The second-order valence-corrected chi connectivity index (χ2v) is 5.20. The minimum absolute atomic E-state index is 0.378. The molecule has 0 spiro atoms. The van der Waals surface area contributed by atoms with Crippen LogP contribution in [0.4, 0.5) is 0 Å². The zero-order chi connectivity index (χ0) is 16.5. The Morgan fingerprint density at radius 1 is 0.955 bits per heavy atom. The molecule has 0 aliphatic heterocycles. The van der Waals surface area contributed by atoms with Gasteiger partial charge >= 0.3 is 0 Å². The molecule has 2 atom stereocenters. The molecule has 2 heteroatoms. The molecule has 0 aromatic rings. The predicted molar refractivity (Wildman–Crippen MR) is 92.5 cm³/mol. The van der Waals surface area contributed by atoms with E-state index in [0.29, 0.717) is 6.42 Å². The SMILES string of the molecule is C/C=C/C=C/C=C=C=C=C=CCCCCCC(O)CC(C)O. The normalized spacial score (nSPS) is 13.1. The van der Waals surface area contributed by atoms with E-state index in [-0.39, 0.29) is 6.10 Å². The number of aliphatic hydroxyl groups is 2. The number of hydrogen-bond donors (Lipinski definition) is 2. The van der Waals surface area contributed by atoms with E-state index in [4.69, 9.17) is 5.11 Å². The highest BCUT2D eigenvalue weighted by Gasteiger charge is 2.06. The van der Waals surface area contributed by atoms with Gasteiger partial charge in [0.1, 0.15) is 0 Å². The van der Waals surface area contributed by atoms with E-state index in [0.717, 1.165) is 32.1 Å². The van der Waals surface area contributed by atoms with Crippen molar-refractivity contribution in [1.29, 1.82) is 0 Å². The van der Waals surface area contributed by atoms with Gasteiger partial charge in [0.15, 0.2) is 0 Å². The van der Waals surface area contributed by atoms with Gasteiger partial charge in [-0.2, -0.15) is 0 Å². The molecule has 0 bridgehead atoms. The summed E-state index contributed by atoms with van der Waals surface area (Å²) >= 11 is 0. The molecule has 2 nitrogen and oxygen atoms in total. The third-order valence-corrected chi connectivity index (χ3v) is 2.90. The monoisotopic (exact) mass is 300 g/mol. The molecule has 2 unspecified atom stereocenters. The Balaban J connectivity index is 3.82. The van der Waals surface area contributed by atoms with Crippen LogP contribution in [0.25, 0.3) is 0 Å². The van der Waals surface area contributed by atoms with E-state index in [1.54, 1.807) is 13.0 Å². The van der Waals surface area contributed by atoms with Gasteiger partial charge in [0.25, 0.3) is 0 Å². The van der Waals surface area contributed by atoms with Crippen LogP contribution in [-0.2, 0) is 0 Å². The molecule has 0 radical (unpaired) electrons. The molecule has 0 saturated heterocycles. The van der Waals surface area contributed by atoms with Crippen molar-refractivity contribution in [3.8, 4) is 0 Å². The summed E-state index contributed by atoms with van der Waals surface area (Å²) < 4.78 is 0. The molecule has 120 valence electrons. The molecular weight excluding hydrogens is 272 g/mol. The highest BCUT2D eigenvalue weighted by molar-refractivity contribution is 5.10. The van der Waals surface area contributed by atoms with Gasteiger partial charge in [0, 0.05) is 0 Å². The van der Waals surface area contributed by atoms with Gasteiger partial charge in [0.2, 0.25) is 0 Å². The fraction of sp³-hybridized carbons (Fsp3) is 0.500. The maximum Gasteiger partial charge on any atom is 0.0564 e. The summed E-state index contributed by atoms with van der Waals surface area (Å²) in [6.07, 6.45) is 15.9. The van der Waals surface area contributed by atoms with Gasteiger partial charge in [-0.05, 0) is 63.1 Å². The summed E-state index contributed by atoms with van der Waals surface area (Å²) in [5.74, 6) is 0. The van der Waals surface area contributed by atoms with Gasteiger partial charge in [-0.25, -0.2) is 0 Å². The fourth-order valence-electron chi connectivity index (χ4n) is 1.83. The van der Waals surface area contributed by atoms with Gasteiger partial charge in [-0.3, -0.25) is 0 Å². The minimum atomic E-state index is -0.421. The maximum atomic E-state index is 9.59. The van der Waals surface area contributed by atoms with Crippen LogP contribution >= 0.6 is 0 Å². The second kappa shape index (κ2) is 15.6. The Labute approximate surface area is 134 Å². The highest BCUT2D eigenvalue weighted by Crippen LogP contribution is 2.09. The largest absolute Gasteiger partial charge is 0.393 e. The highest BCUT2D eigenvalue weighted by atomic mass is 16.3. The first-order chi connectivity index (χ1) is 10.7. The number of allylic oxidation sites excluding steroid dienone is 6. The lowest BCUT2D eigenvalue weighted by molar-refractivity contribution is 0.0834. The van der Waals surface area contributed by atoms with Crippen LogP contribution in [0.15, 0.2) is 59.4 Å². The zero-order valence-electron chi connectivity index (χ0n) is 13.8. The fourth-order valence-corrected chi connectivity index (χ4v) is 1.83. The third kappa shape index (κ3) is 16.3. The minimum Gasteiger partial charge on any atom is -0.393 e. The first-order valence-corrected chi connectivity index (χ1v) is 7.96. The number of rotatable bonds is 10. The molecule has 0 aromatic heterocycles. The molecular formula is C20H28O2. The van der Waals surface area contributed by atoms with Crippen LogP contribution in [0.5, 0.6) is 0 Å². The Bertz CT molecular complexity index is 486. The van der Waals surface area contributed by atoms with Gasteiger partial charge in [-0.15, -0.1) is 0 Å². The van der Waals surface area contributed by atoms with Gasteiger partial charge in [0.05, 0.1) is 12.2 Å². The zero-order valence-corrected chi connectivity index (χ0v) is 13.8. The molecule has 0 heterocycles. The van der Waals surface area contributed by atoms with Gasteiger partial charge in [-0.1, -0.05) is 48.6 Å². The van der Waals surface area contributed by atoms with E-state index in [1.807, 2.05) is 37.3 Å². The average Bonchev–Trinajstić information content (AvgIpc) is 2.47. The van der Waals surface area contributed by atoms with Crippen molar-refractivity contribution in [2.24, 2.45) is 0 Å². The topological polar surface area (TPSA) is 40.5 Å². The lowest BCUT2D eigenvalue weighted by Crippen LogP contribution is -2.14. The molecule has 0 aliphatic rings. The quantitative estimate of drug-likeness (QED) is 0.357. The molecule has 0 aromatic carbocycles. The van der Waals surface area contributed by atoms with Crippen LogP contribution in [0.2, 0.25) is 0 Å². The smallest absolute Gasteiger partial charge is 0.0564 e. The van der Waals surface area contributed by atoms with E-state index >= 15 is 0 Å². The average molecular weight is 300 g/mol. The maximum absolute atomic E-state index is 9.59. The Hall–Kier alpha value is -1.74. The van der Waals surface area contributed by atoms with Crippen molar-refractivity contribution in [1.82, 2.24) is 0 Å². The number of unbranched alkanes of at least 4 members (excludes halogenated alkanes) is 3. The summed E-state index contributed by atoms with van der Waals surface area (Å²) in [7, 11) is 0. The van der Waals surface area contributed by atoms with Crippen molar-refractivity contribution in [3.05, 3.63) is 59.4 Å². The third-order valence-electron chi connectivity index (χ3n) is 2.90. The Morgan fingerprint density at radius 3 is 2.45 bits per heavy atom. The lowest BCUT2D eigenvalue weighted by atomic mass is 10.0. The van der Waals surface area contributed by atoms with Gasteiger partial charge < -0.3 is 10.2 Å². The molecule has 0 rings (SSSR count). The van der Waals surface area contributed by atoms with Crippen molar-refractivity contribution in [2.45, 2.75) is 64.6 Å². The summed E-state index contributed by atoms with van der Waals surface area (Å²) in [6, 6.07) is 0. The van der Waals surface area contributed by atoms with Crippen LogP contribution in [0.3, 0.4) is 0 Å². The summed E-state index contributed by atoms with van der Waals surface area (Å²) in [4.78, 5) is 0. The van der Waals surface area contributed by atoms with Crippen molar-refractivity contribution >= 4 is 0 Å². The van der Waals surface area contributed by atoms with Crippen LogP contribution in [0.1, 0.15) is 52.4 Å². The molecule has 0 amide bonds. The molecule has 0 fully saturated rings. The molecule has 0 aliphatic carbocycles. The van der Waals surface area contributed by atoms with Crippen molar-refractivity contribution in [3.63, 3.8) is 0 Å². The van der Waals surface area contributed by atoms with Crippen molar-refractivity contribution < 1.29 is 10.2 Å². The van der Waals surface area contributed by atoms with Crippen LogP contribution in [0, 0.1) is 0 Å². The molecule has 2 N–H and O–H groups in total. The van der Waals surface area contributed by atoms with Crippen molar-refractivity contribution in [2.75, 3.05) is 0 Å². The first kappa shape index (κ1) is 20.3. The van der Waals surface area contributed by atoms with E-state index in [9.17, 15) is 5.11 Å².